The van der Waals surface area contributed by atoms with Crippen molar-refractivity contribution in [2.45, 2.75) is 13.0 Å². The zero-order chi connectivity index (χ0) is 14.4. The second-order valence-corrected chi connectivity index (χ2v) is 6.66. The van der Waals surface area contributed by atoms with Crippen LogP contribution in [0.15, 0.2) is 18.5 Å². The summed E-state index contributed by atoms with van der Waals surface area (Å²) in [6, 6.07) is 1.85. The van der Waals surface area contributed by atoms with E-state index in [1.807, 2.05) is 6.07 Å². The minimum atomic E-state index is -3.36. The third-order valence-corrected chi connectivity index (χ3v) is 4.97. The fraction of sp³-hybridized carbons (Fsp3) is 0.583. The molecule has 1 fully saturated rings. The summed E-state index contributed by atoms with van der Waals surface area (Å²) in [5.74, 6) is -0.422. The summed E-state index contributed by atoms with van der Waals surface area (Å²) < 4.78 is 30.5. The van der Waals surface area contributed by atoms with Gasteiger partial charge in [-0.2, -0.15) is 4.31 Å². The number of nitrogens with zero attached hydrogens (tertiary/aromatic N) is 1. The molecule has 0 saturated carbocycles. The molecule has 0 aliphatic carbocycles. The van der Waals surface area contributed by atoms with E-state index in [-0.39, 0.29) is 18.1 Å². The van der Waals surface area contributed by atoms with Crippen LogP contribution in [-0.2, 0) is 26.1 Å². The third-order valence-electron chi connectivity index (χ3n) is 3.10. The zero-order valence-corrected chi connectivity index (χ0v) is 12.0. The number of hydrogen-bond donors (Lipinski definition) is 2. The van der Waals surface area contributed by atoms with E-state index >= 15 is 0 Å². The fourth-order valence-corrected chi connectivity index (χ4v) is 3.34. The van der Waals surface area contributed by atoms with Crippen LogP contribution in [0.5, 0.6) is 0 Å². The van der Waals surface area contributed by atoms with Gasteiger partial charge in [-0.1, -0.05) is 0 Å². The Hall–Kier alpha value is -1.38. The van der Waals surface area contributed by atoms with E-state index < -0.39 is 10.0 Å². The van der Waals surface area contributed by atoms with Gasteiger partial charge in [0.1, 0.15) is 0 Å². The number of rotatable bonds is 6. The van der Waals surface area contributed by atoms with Crippen LogP contribution in [0.4, 0.5) is 0 Å². The average molecular weight is 301 g/mol. The van der Waals surface area contributed by atoms with Gasteiger partial charge in [0.15, 0.2) is 0 Å². The highest BCUT2D eigenvalue weighted by atomic mass is 32.2. The molecule has 1 saturated heterocycles. The van der Waals surface area contributed by atoms with Crippen molar-refractivity contribution < 1.29 is 17.9 Å². The Morgan fingerprint density at radius 2 is 2.15 bits per heavy atom. The predicted molar refractivity (Wildman–Crippen MR) is 73.4 cm³/mol. The molecule has 2 N–H and O–H groups in total. The summed E-state index contributed by atoms with van der Waals surface area (Å²) in [6.45, 7) is 1.97. The van der Waals surface area contributed by atoms with Gasteiger partial charge in [-0.05, 0) is 11.6 Å². The molecule has 2 heterocycles. The van der Waals surface area contributed by atoms with Crippen molar-refractivity contribution >= 4 is 15.9 Å². The van der Waals surface area contributed by atoms with E-state index in [0.717, 1.165) is 5.56 Å². The van der Waals surface area contributed by atoms with E-state index in [1.54, 1.807) is 12.4 Å². The monoisotopic (exact) mass is 301 g/mol. The Morgan fingerprint density at radius 3 is 2.80 bits per heavy atom. The van der Waals surface area contributed by atoms with E-state index in [2.05, 4.69) is 10.3 Å². The molecular weight excluding hydrogens is 282 g/mol. The lowest BCUT2D eigenvalue weighted by Gasteiger charge is -2.25. The normalized spacial score (nSPS) is 17.0. The highest BCUT2D eigenvalue weighted by molar-refractivity contribution is 7.89. The van der Waals surface area contributed by atoms with Gasteiger partial charge in [-0.3, -0.25) is 4.79 Å². The maximum absolute atomic E-state index is 12.0. The molecule has 8 heteroatoms. The number of hydrogen-bond acceptors (Lipinski definition) is 4. The number of H-pyrrole nitrogens is 1. The standard InChI is InChI=1S/C12H19N3O4S/c16-12(14-10-11-1-3-13-9-11)2-8-20(17,18)15-4-6-19-7-5-15/h1,3,9,13H,2,4-8,10H2,(H,14,16). The molecule has 2 rings (SSSR count). The van der Waals surface area contributed by atoms with Crippen molar-refractivity contribution in [2.24, 2.45) is 0 Å². The number of sulfonamides is 1. The van der Waals surface area contributed by atoms with Gasteiger partial charge in [0.2, 0.25) is 15.9 Å². The van der Waals surface area contributed by atoms with Gasteiger partial charge in [0.05, 0.1) is 19.0 Å². The maximum Gasteiger partial charge on any atom is 0.221 e. The molecule has 0 radical (unpaired) electrons. The van der Waals surface area contributed by atoms with E-state index in [1.165, 1.54) is 4.31 Å². The van der Waals surface area contributed by atoms with Crippen molar-refractivity contribution in [3.8, 4) is 0 Å². The quantitative estimate of drug-likeness (QED) is 0.753. The van der Waals surface area contributed by atoms with Crippen molar-refractivity contribution in [2.75, 3.05) is 32.1 Å². The van der Waals surface area contributed by atoms with Crippen molar-refractivity contribution in [1.29, 1.82) is 0 Å². The first-order chi connectivity index (χ1) is 9.58. The molecule has 0 aromatic carbocycles. The molecule has 20 heavy (non-hydrogen) atoms. The number of amides is 1. The summed E-state index contributed by atoms with van der Waals surface area (Å²) in [7, 11) is -3.36. The number of nitrogens with one attached hydrogen (secondary N) is 2. The number of ether oxygens (including phenoxy) is 1. The molecule has 1 aromatic rings. The second kappa shape index (κ2) is 6.87. The fourth-order valence-electron chi connectivity index (χ4n) is 1.93. The van der Waals surface area contributed by atoms with Crippen LogP contribution >= 0.6 is 0 Å². The van der Waals surface area contributed by atoms with Gasteiger partial charge in [-0.25, -0.2) is 8.42 Å². The largest absolute Gasteiger partial charge is 0.379 e. The van der Waals surface area contributed by atoms with Gasteiger partial charge in [0, 0.05) is 38.4 Å². The highest BCUT2D eigenvalue weighted by Crippen LogP contribution is 2.07. The number of aromatic nitrogens is 1. The number of carbonyl (C=O) groups excluding carboxylic acids is 1. The van der Waals surface area contributed by atoms with Gasteiger partial charge in [0.25, 0.3) is 0 Å². The Balaban J connectivity index is 1.74. The van der Waals surface area contributed by atoms with E-state index in [0.29, 0.717) is 32.8 Å². The van der Waals surface area contributed by atoms with Crippen LogP contribution < -0.4 is 5.32 Å². The van der Waals surface area contributed by atoms with Crippen molar-refractivity contribution in [3.63, 3.8) is 0 Å². The topological polar surface area (TPSA) is 91.5 Å². The Bertz CT molecular complexity index is 521. The Morgan fingerprint density at radius 1 is 1.40 bits per heavy atom. The molecule has 1 aliphatic rings. The first-order valence-corrected chi connectivity index (χ1v) is 8.13. The summed E-state index contributed by atoms with van der Waals surface area (Å²) in [6.07, 6.45) is 3.53. The highest BCUT2D eigenvalue weighted by Gasteiger charge is 2.24. The van der Waals surface area contributed by atoms with Crippen LogP contribution in [-0.4, -0.2) is 55.7 Å². The molecule has 7 nitrogen and oxygen atoms in total. The zero-order valence-electron chi connectivity index (χ0n) is 11.2. The summed E-state index contributed by atoms with van der Waals surface area (Å²) in [5, 5.41) is 2.69. The second-order valence-electron chi connectivity index (χ2n) is 4.57. The molecule has 0 atom stereocenters. The molecule has 0 bridgehead atoms. The summed E-state index contributed by atoms with van der Waals surface area (Å²) >= 11 is 0. The van der Waals surface area contributed by atoms with Crippen LogP contribution in [0, 0.1) is 0 Å². The van der Waals surface area contributed by atoms with Gasteiger partial charge in [-0.15, -0.1) is 0 Å². The van der Waals surface area contributed by atoms with Crippen LogP contribution in [0.25, 0.3) is 0 Å². The molecule has 1 amide bonds. The first-order valence-electron chi connectivity index (χ1n) is 6.52. The molecule has 0 unspecified atom stereocenters. The van der Waals surface area contributed by atoms with Crippen LogP contribution in [0.2, 0.25) is 0 Å². The predicted octanol–water partition coefficient (Wildman–Crippen LogP) is -0.317. The average Bonchev–Trinajstić information content (AvgIpc) is 2.97. The number of aromatic amines is 1. The molecule has 1 aliphatic heterocycles. The van der Waals surface area contributed by atoms with Gasteiger partial charge < -0.3 is 15.0 Å². The molecule has 0 spiro atoms. The van der Waals surface area contributed by atoms with Crippen LogP contribution in [0.1, 0.15) is 12.0 Å². The van der Waals surface area contributed by atoms with E-state index in [9.17, 15) is 13.2 Å². The first kappa shape index (κ1) is 15.0. The Labute approximate surface area is 118 Å². The molecule has 112 valence electrons. The molecular formula is C12H19N3O4S. The smallest absolute Gasteiger partial charge is 0.221 e. The third kappa shape index (κ3) is 4.32. The lowest BCUT2D eigenvalue weighted by atomic mass is 10.3. The van der Waals surface area contributed by atoms with Gasteiger partial charge >= 0.3 is 0 Å². The number of carbonyl (C=O) groups is 1. The Kier molecular flexibility index (Phi) is 5.16. The lowest BCUT2D eigenvalue weighted by Crippen LogP contribution is -2.42. The summed E-state index contributed by atoms with van der Waals surface area (Å²) in [4.78, 5) is 14.5. The van der Waals surface area contributed by atoms with E-state index in [4.69, 9.17) is 4.74 Å². The minimum Gasteiger partial charge on any atom is -0.379 e. The number of morpholine rings is 1. The molecule has 1 aromatic heterocycles. The van der Waals surface area contributed by atoms with Crippen molar-refractivity contribution in [1.82, 2.24) is 14.6 Å². The maximum atomic E-state index is 12.0. The summed E-state index contributed by atoms with van der Waals surface area (Å²) in [5.41, 5.74) is 0.953. The minimum absolute atomic E-state index is 0.0237. The SMILES string of the molecule is O=C(CCS(=O)(=O)N1CCOCC1)NCc1cc[nH]c1. The van der Waals surface area contributed by atoms with Crippen molar-refractivity contribution in [3.05, 3.63) is 24.0 Å². The lowest BCUT2D eigenvalue weighted by molar-refractivity contribution is -0.120. The van der Waals surface area contributed by atoms with Crippen LogP contribution in [0.3, 0.4) is 0 Å².